The van der Waals surface area contributed by atoms with Gasteiger partial charge in [-0.15, -0.1) is 0 Å². The van der Waals surface area contributed by atoms with Gasteiger partial charge in [-0.05, 0) is 57.0 Å². The first-order valence-electron chi connectivity index (χ1n) is 8.64. The lowest BCUT2D eigenvalue weighted by Crippen LogP contribution is -2.26. The van der Waals surface area contributed by atoms with E-state index in [1.54, 1.807) is 6.92 Å². The Bertz CT molecular complexity index is 556. The van der Waals surface area contributed by atoms with Crippen molar-refractivity contribution in [1.82, 2.24) is 10.2 Å². The number of likely N-dealkylation sites (tertiary alicyclic amines) is 1. The number of hydrogen-bond donors (Lipinski definition) is 2. The number of nitrogens with one attached hydrogen (secondary N) is 1. The van der Waals surface area contributed by atoms with Gasteiger partial charge in [-0.2, -0.15) is 0 Å². The van der Waals surface area contributed by atoms with Crippen molar-refractivity contribution in [1.29, 1.82) is 0 Å². The number of carbonyl (C=O) groups excluding carboxylic acids is 1. The van der Waals surface area contributed by atoms with E-state index in [0.29, 0.717) is 19.6 Å². The Morgan fingerprint density at radius 1 is 1.40 bits per heavy atom. The lowest BCUT2D eigenvalue weighted by molar-refractivity contribution is -0.114. The van der Waals surface area contributed by atoms with Crippen LogP contribution in [0, 0.1) is 0 Å². The van der Waals surface area contributed by atoms with Crippen LogP contribution in [0.4, 0.5) is 0 Å². The van der Waals surface area contributed by atoms with E-state index in [2.05, 4.69) is 22.3 Å². The molecular weight excluding hydrogens is 340 g/mol. The molecule has 1 saturated heterocycles. The Balaban J connectivity index is 0.000000970. The Morgan fingerprint density at radius 3 is 2.80 bits per heavy atom. The lowest BCUT2D eigenvalue weighted by atomic mass is 10.2. The van der Waals surface area contributed by atoms with Crippen molar-refractivity contribution in [3.05, 3.63) is 29.8 Å². The van der Waals surface area contributed by atoms with E-state index < -0.39 is 0 Å². The van der Waals surface area contributed by atoms with Crippen LogP contribution in [0.1, 0.15) is 31.7 Å². The molecule has 1 fully saturated rings. The number of aliphatic hydroxyl groups is 1. The van der Waals surface area contributed by atoms with Crippen LogP contribution >= 0.6 is 0 Å². The fourth-order valence-corrected chi connectivity index (χ4v) is 2.66. The summed E-state index contributed by atoms with van der Waals surface area (Å²) in [4.78, 5) is 13.5. The average Bonchev–Trinajstić information content (AvgIpc) is 3.09. The summed E-state index contributed by atoms with van der Waals surface area (Å²) in [6.07, 6.45) is 3.30. The van der Waals surface area contributed by atoms with E-state index in [-0.39, 0.29) is 23.8 Å². The first-order valence-corrected chi connectivity index (χ1v) is 9.44. The molecule has 1 aliphatic rings. The quantitative estimate of drug-likeness (QED) is 0.532. The highest BCUT2D eigenvalue weighted by Crippen LogP contribution is 2.17. The second kappa shape index (κ2) is 13.6. The van der Waals surface area contributed by atoms with Gasteiger partial charge in [0.05, 0.1) is 23.2 Å². The van der Waals surface area contributed by atoms with E-state index in [1.807, 2.05) is 12.1 Å². The second-order valence-electron chi connectivity index (χ2n) is 5.65. The molecule has 1 amide bonds. The fourth-order valence-electron chi connectivity index (χ4n) is 2.49. The summed E-state index contributed by atoms with van der Waals surface area (Å²) in [7, 11) is 0. The lowest BCUT2D eigenvalue weighted by Gasteiger charge is -2.15. The molecule has 0 atom stereocenters. The van der Waals surface area contributed by atoms with Crippen molar-refractivity contribution in [2.45, 2.75) is 32.7 Å². The number of benzene rings is 1. The van der Waals surface area contributed by atoms with Gasteiger partial charge < -0.3 is 15.2 Å². The van der Waals surface area contributed by atoms with Gasteiger partial charge in [-0.1, -0.05) is 12.1 Å². The zero-order valence-electron chi connectivity index (χ0n) is 14.8. The van der Waals surface area contributed by atoms with Gasteiger partial charge in [0.2, 0.25) is 0 Å². The van der Waals surface area contributed by atoms with Crippen LogP contribution in [0.25, 0.3) is 0 Å². The average molecular weight is 368 g/mol. The summed E-state index contributed by atoms with van der Waals surface area (Å²) in [5.41, 5.74) is 1.27. The smallest absolute Gasteiger partial charge is 0.257 e. The number of ether oxygens (including phenoxy) is 1. The highest BCUT2D eigenvalue weighted by Gasteiger charge is 2.11. The molecule has 0 bridgehead atoms. The summed E-state index contributed by atoms with van der Waals surface area (Å²) >= 11 is 0.163. The third kappa shape index (κ3) is 10.0. The molecule has 0 unspecified atom stereocenters. The predicted octanol–water partition coefficient (Wildman–Crippen LogP) is 1.18. The standard InChI is InChI=1S/C16H22N2O3S.C2H6O/c19-16(13-22-20)17-7-4-10-21-15-6-3-5-14(11-15)12-18-8-1-2-9-18;1-2-3/h3,5-6,11,13H,1-2,4,7-10,12H2,(H,17,19);3H,2H2,1H3. The number of aliphatic hydroxyl groups excluding tert-OH is 1. The van der Waals surface area contributed by atoms with E-state index in [0.717, 1.165) is 17.7 Å². The van der Waals surface area contributed by atoms with E-state index >= 15 is 0 Å². The molecule has 140 valence electrons. The minimum absolute atomic E-state index is 0.163. The van der Waals surface area contributed by atoms with E-state index in [1.165, 1.54) is 31.5 Å². The normalized spacial score (nSPS) is 13.5. The molecule has 7 heteroatoms. The number of amides is 1. The first-order chi connectivity index (χ1) is 12.2. The molecule has 2 N–H and O–H groups in total. The molecule has 0 radical (unpaired) electrons. The molecular formula is C18H28N2O4S. The Kier molecular flexibility index (Phi) is 11.6. The highest BCUT2D eigenvalue weighted by atomic mass is 32.1. The van der Waals surface area contributed by atoms with Crippen LogP contribution < -0.4 is 10.1 Å². The Morgan fingerprint density at radius 2 is 2.12 bits per heavy atom. The van der Waals surface area contributed by atoms with Gasteiger partial charge >= 0.3 is 0 Å². The minimum Gasteiger partial charge on any atom is -0.494 e. The van der Waals surface area contributed by atoms with Gasteiger partial charge in [0.25, 0.3) is 5.91 Å². The van der Waals surface area contributed by atoms with Gasteiger partial charge in [0.1, 0.15) is 5.75 Å². The SMILES string of the molecule is CCO.O=S=CC(=O)NCCCOc1cccc(CN2CCCC2)c1. The zero-order valence-corrected chi connectivity index (χ0v) is 15.6. The van der Waals surface area contributed by atoms with Crippen LogP contribution in [-0.4, -0.2) is 58.3 Å². The number of rotatable bonds is 8. The molecule has 1 aliphatic heterocycles. The number of nitrogens with zero attached hydrogens (tertiary/aromatic N) is 1. The van der Waals surface area contributed by atoms with Crippen LogP contribution in [0.2, 0.25) is 0 Å². The van der Waals surface area contributed by atoms with Crippen molar-refractivity contribution >= 4 is 22.5 Å². The summed E-state index contributed by atoms with van der Waals surface area (Å²) in [6.45, 7) is 6.32. The van der Waals surface area contributed by atoms with Crippen molar-refractivity contribution in [3.63, 3.8) is 0 Å². The maximum absolute atomic E-state index is 11.1. The van der Waals surface area contributed by atoms with Crippen molar-refractivity contribution in [2.24, 2.45) is 0 Å². The number of hydrogen-bond acceptors (Lipinski definition) is 5. The first kappa shape index (κ1) is 21.3. The molecule has 25 heavy (non-hydrogen) atoms. The van der Waals surface area contributed by atoms with Crippen LogP contribution in [0.3, 0.4) is 0 Å². The van der Waals surface area contributed by atoms with Crippen molar-refractivity contribution in [3.8, 4) is 5.75 Å². The van der Waals surface area contributed by atoms with E-state index in [9.17, 15) is 9.00 Å². The highest BCUT2D eigenvalue weighted by molar-refractivity contribution is 7.66. The van der Waals surface area contributed by atoms with Crippen LogP contribution in [0.15, 0.2) is 24.3 Å². The molecule has 0 aromatic heterocycles. The van der Waals surface area contributed by atoms with Crippen molar-refractivity contribution in [2.75, 3.05) is 32.8 Å². The third-order valence-electron chi connectivity index (χ3n) is 3.55. The second-order valence-corrected chi connectivity index (χ2v) is 6.08. The maximum Gasteiger partial charge on any atom is 0.257 e. The molecule has 6 nitrogen and oxygen atoms in total. The van der Waals surface area contributed by atoms with Gasteiger partial charge in [-0.25, -0.2) is 4.21 Å². The van der Waals surface area contributed by atoms with Crippen LogP contribution in [0.5, 0.6) is 5.75 Å². The molecule has 1 aromatic carbocycles. The molecule has 0 aliphatic carbocycles. The van der Waals surface area contributed by atoms with E-state index in [4.69, 9.17) is 9.84 Å². The molecule has 0 saturated carbocycles. The number of carbonyl (C=O) groups is 1. The van der Waals surface area contributed by atoms with Gasteiger partial charge in [0, 0.05) is 19.7 Å². The third-order valence-corrected chi connectivity index (χ3v) is 3.86. The summed E-state index contributed by atoms with van der Waals surface area (Å²) in [6, 6.07) is 8.18. The summed E-state index contributed by atoms with van der Waals surface area (Å²) in [5.74, 6) is 0.525. The topological polar surface area (TPSA) is 78.9 Å². The Hall–Kier alpha value is -1.70. The molecule has 2 rings (SSSR count). The largest absolute Gasteiger partial charge is 0.494 e. The predicted molar refractivity (Wildman–Crippen MR) is 101 cm³/mol. The van der Waals surface area contributed by atoms with Gasteiger partial charge in [-0.3, -0.25) is 9.69 Å². The zero-order chi connectivity index (χ0) is 18.3. The Labute approximate surface area is 153 Å². The summed E-state index contributed by atoms with van der Waals surface area (Å²) < 4.78 is 15.8. The van der Waals surface area contributed by atoms with Gasteiger partial charge in [0.15, 0.2) is 0 Å². The fraction of sp³-hybridized carbons (Fsp3) is 0.556. The van der Waals surface area contributed by atoms with Crippen LogP contribution in [-0.2, 0) is 22.6 Å². The summed E-state index contributed by atoms with van der Waals surface area (Å²) in [5, 5.41) is 11.2. The molecule has 1 heterocycles. The monoisotopic (exact) mass is 368 g/mol. The maximum atomic E-state index is 11.1. The van der Waals surface area contributed by atoms with Crippen molar-refractivity contribution < 1.29 is 18.8 Å². The molecule has 0 spiro atoms. The minimum atomic E-state index is -0.340. The molecule has 1 aromatic rings.